The van der Waals surface area contributed by atoms with Gasteiger partial charge in [-0.15, -0.1) is 0 Å². The third-order valence-electron chi connectivity index (χ3n) is 2.80. The predicted molar refractivity (Wildman–Crippen MR) is 79.4 cm³/mol. The van der Waals surface area contributed by atoms with Crippen LogP contribution in [0.3, 0.4) is 0 Å². The first-order chi connectivity index (χ1) is 9.24. The zero-order chi connectivity index (χ0) is 13.7. The zero-order valence-corrected chi connectivity index (χ0v) is 12.3. The second kappa shape index (κ2) is 6.59. The van der Waals surface area contributed by atoms with Crippen molar-refractivity contribution in [2.45, 2.75) is 13.2 Å². The fourth-order valence-electron chi connectivity index (χ4n) is 1.73. The Morgan fingerprint density at radius 1 is 1.11 bits per heavy atom. The Morgan fingerprint density at radius 3 is 2.58 bits per heavy atom. The number of methoxy groups -OCH3 is 1. The van der Waals surface area contributed by atoms with E-state index in [9.17, 15) is 0 Å². The number of halogens is 1. The van der Waals surface area contributed by atoms with Crippen LogP contribution in [-0.4, -0.2) is 7.11 Å². The van der Waals surface area contributed by atoms with Crippen molar-refractivity contribution in [3.8, 4) is 11.5 Å². The summed E-state index contributed by atoms with van der Waals surface area (Å²) in [5.41, 5.74) is 7.74. The fourth-order valence-corrected chi connectivity index (χ4v) is 2.13. The maximum atomic E-state index is 5.83. The van der Waals surface area contributed by atoms with Gasteiger partial charge in [-0.05, 0) is 23.8 Å². The van der Waals surface area contributed by atoms with Crippen molar-refractivity contribution in [2.75, 3.05) is 7.11 Å². The van der Waals surface area contributed by atoms with Crippen LogP contribution in [0.1, 0.15) is 11.1 Å². The van der Waals surface area contributed by atoms with Crippen molar-refractivity contribution in [3.05, 3.63) is 58.1 Å². The van der Waals surface area contributed by atoms with Crippen LogP contribution >= 0.6 is 15.9 Å². The summed E-state index contributed by atoms with van der Waals surface area (Å²) in [6.45, 7) is 0.960. The molecule has 0 aliphatic rings. The molecular formula is C15H16BrNO2. The molecule has 0 fully saturated rings. The van der Waals surface area contributed by atoms with Gasteiger partial charge in [0.25, 0.3) is 0 Å². The van der Waals surface area contributed by atoms with Gasteiger partial charge in [0.1, 0.15) is 6.61 Å². The average molecular weight is 322 g/mol. The van der Waals surface area contributed by atoms with Crippen LogP contribution in [0.5, 0.6) is 11.5 Å². The topological polar surface area (TPSA) is 44.5 Å². The average Bonchev–Trinajstić information content (AvgIpc) is 2.46. The molecule has 0 saturated heterocycles. The van der Waals surface area contributed by atoms with E-state index in [1.807, 2.05) is 42.5 Å². The van der Waals surface area contributed by atoms with E-state index in [2.05, 4.69) is 15.9 Å². The van der Waals surface area contributed by atoms with Crippen molar-refractivity contribution < 1.29 is 9.47 Å². The summed E-state index contributed by atoms with van der Waals surface area (Å²) < 4.78 is 12.1. The summed E-state index contributed by atoms with van der Waals surface area (Å²) in [4.78, 5) is 0. The van der Waals surface area contributed by atoms with Gasteiger partial charge in [-0.25, -0.2) is 0 Å². The molecule has 4 heteroatoms. The molecular weight excluding hydrogens is 306 g/mol. The molecule has 2 aromatic carbocycles. The lowest BCUT2D eigenvalue weighted by Gasteiger charge is -2.12. The molecule has 0 atom stereocenters. The lowest BCUT2D eigenvalue weighted by atomic mass is 10.2. The summed E-state index contributed by atoms with van der Waals surface area (Å²) in [5.74, 6) is 1.42. The van der Waals surface area contributed by atoms with Crippen molar-refractivity contribution in [1.82, 2.24) is 0 Å². The quantitative estimate of drug-likeness (QED) is 0.916. The van der Waals surface area contributed by atoms with Gasteiger partial charge in [0.15, 0.2) is 11.5 Å². The van der Waals surface area contributed by atoms with E-state index in [-0.39, 0.29) is 0 Å². The Morgan fingerprint density at radius 2 is 1.89 bits per heavy atom. The van der Waals surface area contributed by atoms with Crippen molar-refractivity contribution in [2.24, 2.45) is 5.73 Å². The monoisotopic (exact) mass is 321 g/mol. The maximum Gasteiger partial charge on any atom is 0.161 e. The maximum absolute atomic E-state index is 5.83. The van der Waals surface area contributed by atoms with Crippen LogP contribution in [0.2, 0.25) is 0 Å². The summed E-state index contributed by atoms with van der Waals surface area (Å²) in [6.07, 6.45) is 0. The van der Waals surface area contributed by atoms with E-state index < -0.39 is 0 Å². The smallest absolute Gasteiger partial charge is 0.161 e. The SMILES string of the molecule is COc1ccc(CN)cc1OCc1ccccc1Br. The summed E-state index contributed by atoms with van der Waals surface area (Å²) in [7, 11) is 1.63. The normalized spacial score (nSPS) is 10.3. The molecule has 0 aliphatic heterocycles. The highest BCUT2D eigenvalue weighted by molar-refractivity contribution is 9.10. The van der Waals surface area contributed by atoms with E-state index in [4.69, 9.17) is 15.2 Å². The fraction of sp³-hybridized carbons (Fsp3) is 0.200. The molecule has 2 rings (SSSR count). The molecule has 0 radical (unpaired) electrons. The lowest BCUT2D eigenvalue weighted by Crippen LogP contribution is -2.01. The summed E-state index contributed by atoms with van der Waals surface area (Å²) >= 11 is 3.50. The van der Waals surface area contributed by atoms with Gasteiger partial charge in [-0.2, -0.15) is 0 Å². The molecule has 2 N–H and O–H groups in total. The number of hydrogen-bond acceptors (Lipinski definition) is 3. The Hall–Kier alpha value is -1.52. The molecule has 0 heterocycles. The number of benzene rings is 2. The predicted octanol–water partition coefficient (Wildman–Crippen LogP) is 3.50. The van der Waals surface area contributed by atoms with E-state index in [0.717, 1.165) is 15.6 Å². The first kappa shape index (κ1) is 13.9. The Labute approximate surface area is 121 Å². The number of nitrogens with two attached hydrogens (primary N) is 1. The molecule has 3 nitrogen and oxygen atoms in total. The minimum atomic E-state index is 0.478. The minimum Gasteiger partial charge on any atom is -0.493 e. The molecule has 0 aliphatic carbocycles. The van der Waals surface area contributed by atoms with Gasteiger partial charge in [-0.3, -0.25) is 0 Å². The number of rotatable bonds is 5. The van der Waals surface area contributed by atoms with Gasteiger partial charge < -0.3 is 15.2 Å². The minimum absolute atomic E-state index is 0.478. The van der Waals surface area contributed by atoms with Crippen LogP contribution in [0, 0.1) is 0 Å². The molecule has 0 amide bonds. The van der Waals surface area contributed by atoms with Crippen molar-refractivity contribution in [1.29, 1.82) is 0 Å². The third-order valence-corrected chi connectivity index (χ3v) is 3.58. The first-order valence-electron chi connectivity index (χ1n) is 5.97. The van der Waals surface area contributed by atoms with Crippen LogP contribution in [0.4, 0.5) is 0 Å². The molecule has 0 aromatic heterocycles. The lowest BCUT2D eigenvalue weighted by molar-refractivity contribution is 0.283. The summed E-state index contributed by atoms with van der Waals surface area (Å²) in [5, 5.41) is 0. The second-order valence-corrected chi connectivity index (χ2v) is 4.92. The first-order valence-corrected chi connectivity index (χ1v) is 6.77. The third kappa shape index (κ3) is 3.49. The van der Waals surface area contributed by atoms with Gasteiger partial charge in [-0.1, -0.05) is 40.2 Å². The standard InChI is InChI=1S/C15H16BrNO2/c1-18-14-7-6-11(9-17)8-15(14)19-10-12-4-2-3-5-13(12)16/h2-8H,9-10,17H2,1H3. The molecule has 2 aromatic rings. The van der Waals surface area contributed by atoms with Crippen molar-refractivity contribution >= 4 is 15.9 Å². The van der Waals surface area contributed by atoms with E-state index in [1.54, 1.807) is 7.11 Å². The number of ether oxygens (including phenoxy) is 2. The summed E-state index contributed by atoms with van der Waals surface area (Å²) in [6, 6.07) is 13.7. The Kier molecular flexibility index (Phi) is 4.82. The van der Waals surface area contributed by atoms with Gasteiger partial charge in [0.05, 0.1) is 7.11 Å². The molecule has 0 unspecified atom stereocenters. The molecule has 0 spiro atoms. The molecule has 0 saturated carbocycles. The zero-order valence-electron chi connectivity index (χ0n) is 10.7. The van der Waals surface area contributed by atoms with Crippen LogP contribution in [-0.2, 0) is 13.2 Å². The Bertz CT molecular complexity index is 558. The molecule has 19 heavy (non-hydrogen) atoms. The van der Waals surface area contributed by atoms with E-state index in [1.165, 1.54) is 0 Å². The van der Waals surface area contributed by atoms with Crippen LogP contribution in [0.15, 0.2) is 46.9 Å². The second-order valence-electron chi connectivity index (χ2n) is 4.07. The highest BCUT2D eigenvalue weighted by Crippen LogP contribution is 2.29. The van der Waals surface area contributed by atoms with Crippen LogP contribution in [0.25, 0.3) is 0 Å². The highest BCUT2D eigenvalue weighted by Gasteiger charge is 2.07. The highest BCUT2D eigenvalue weighted by atomic mass is 79.9. The molecule has 0 bridgehead atoms. The van der Waals surface area contributed by atoms with Crippen LogP contribution < -0.4 is 15.2 Å². The van der Waals surface area contributed by atoms with Gasteiger partial charge in [0, 0.05) is 16.6 Å². The van der Waals surface area contributed by atoms with Gasteiger partial charge >= 0.3 is 0 Å². The van der Waals surface area contributed by atoms with Crippen molar-refractivity contribution in [3.63, 3.8) is 0 Å². The molecule has 100 valence electrons. The van der Waals surface area contributed by atoms with Gasteiger partial charge in [0.2, 0.25) is 0 Å². The van der Waals surface area contributed by atoms with E-state index >= 15 is 0 Å². The number of hydrogen-bond donors (Lipinski definition) is 1. The Balaban J connectivity index is 2.16. The van der Waals surface area contributed by atoms with E-state index in [0.29, 0.717) is 24.7 Å². The largest absolute Gasteiger partial charge is 0.493 e.